The van der Waals surface area contributed by atoms with E-state index < -0.39 is 24.3 Å². The lowest BCUT2D eigenvalue weighted by Gasteiger charge is -2.26. The summed E-state index contributed by atoms with van der Waals surface area (Å²) in [5, 5.41) is 11.7. The van der Waals surface area contributed by atoms with Crippen molar-refractivity contribution in [3.05, 3.63) is 24.3 Å². The third-order valence-electron chi connectivity index (χ3n) is 11.2. The van der Waals surface area contributed by atoms with E-state index in [0.29, 0.717) is 23.9 Å². The van der Waals surface area contributed by atoms with E-state index >= 15 is 0 Å². The molecule has 358 valence electrons. The number of carbonyl (C=O) groups excluding carboxylic acids is 3. The number of ether oxygens (including phenoxy) is 4. The monoisotopic (exact) mass is 864 g/mol. The third-order valence-corrected chi connectivity index (χ3v) is 11.2. The number of hydrogen-bond acceptors (Lipinski definition) is 8. The lowest BCUT2D eigenvalue weighted by atomic mass is 10.0. The number of rotatable bonds is 47. The number of nitrogens with zero attached hydrogens (tertiary/aromatic N) is 1. The van der Waals surface area contributed by atoms with Gasteiger partial charge in [0.15, 0.2) is 12.4 Å². The average Bonchev–Trinajstić information content (AvgIpc) is 3.22. The number of hydrogen-bond donors (Lipinski definition) is 0. The summed E-state index contributed by atoms with van der Waals surface area (Å²) in [6.45, 7) is 4.74. The summed E-state index contributed by atoms with van der Waals surface area (Å²) in [5.41, 5.74) is 0. The number of carbonyl (C=O) groups is 3. The minimum absolute atomic E-state index is 0.149. The topological polar surface area (TPSA) is 111 Å². The molecule has 0 saturated heterocycles. The standard InChI is InChI=1S/C52H97NO8/c1-6-8-10-12-14-16-18-20-22-24-25-27-29-31-33-35-37-39-41-43-50(55)61-48(47-60-52(51(56)57)58-45-44-53(3,4)5)46-59-49(54)42-40-38-36-34-32-30-28-26-23-21-19-17-15-13-11-9-7-2/h14,16,20,22,48,52H,6-13,15,17-19,21,23-47H2,1-5H3/b16-14-,22-20-. The van der Waals surface area contributed by atoms with Crippen molar-refractivity contribution in [2.75, 3.05) is 47.5 Å². The van der Waals surface area contributed by atoms with Crippen LogP contribution in [0.25, 0.3) is 0 Å². The van der Waals surface area contributed by atoms with E-state index in [1.54, 1.807) is 0 Å². The largest absolute Gasteiger partial charge is 0.545 e. The molecule has 9 nitrogen and oxygen atoms in total. The van der Waals surface area contributed by atoms with Crippen LogP contribution in [-0.2, 0) is 33.3 Å². The molecule has 0 aromatic rings. The number of quaternary nitrogens is 1. The van der Waals surface area contributed by atoms with E-state index in [0.717, 1.165) is 51.4 Å². The van der Waals surface area contributed by atoms with Crippen LogP contribution in [-0.4, -0.2) is 82.3 Å². The van der Waals surface area contributed by atoms with Crippen LogP contribution >= 0.6 is 0 Å². The molecule has 0 N–H and O–H groups in total. The quantitative estimate of drug-likeness (QED) is 0.0195. The highest BCUT2D eigenvalue weighted by atomic mass is 16.7. The van der Waals surface area contributed by atoms with Crippen LogP contribution < -0.4 is 5.11 Å². The van der Waals surface area contributed by atoms with Crippen molar-refractivity contribution in [3.8, 4) is 0 Å². The fourth-order valence-corrected chi connectivity index (χ4v) is 7.21. The Labute approximate surface area is 376 Å². The number of unbranched alkanes of at least 4 members (excludes halogenated alkanes) is 28. The molecule has 0 aliphatic rings. The summed E-state index contributed by atoms with van der Waals surface area (Å²) in [6, 6.07) is 0. The molecule has 2 unspecified atom stereocenters. The van der Waals surface area contributed by atoms with Crippen molar-refractivity contribution in [3.63, 3.8) is 0 Å². The second-order valence-corrected chi connectivity index (χ2v) is 18.5. The van der Waals surface area contributed by atoms with E-state index in [9.17, 15) is 19.5 Å². The van der Waals surface area contributed by atoms with Crippen molar-refractivity contribution in [1.29, 1.82) is 0 Å². The van der Waals surface area contributed by atoms with Gasteiger partial charge in [-0.15, -0.1) is 0 Å². The zero-order chi connectivity index (χ0) is 44.9. The lowest BCUT2D eigenvalue weighted by Crippen LogP contribution is -2.44. The van der Waals surface area contributed by atoms with Gasteiger partial charge in [0, 0.05) is 12.8 Å². The molecule has 2 atom stereocenters. The summed E-state index contributed by atoms with van der Waals surface area (Å²) in [7, 11) is 5.92. The molecule has 0 aliphatic carbocycles. The van der Waals surface area contributed by atoms with Gasteiger partial charge in [-0.2, -0.15) is 0 Å². The number of likely N-dealkylation sites (N-methyl/N-ethyl adjacent to an activating group) is 1. The predicted molar refractivity (Wildman–Crippen MR) is 251 cm³/mol. The van der Waals surface area contributed by atoms with Gasteiger partial charge in [0.05, 0.1) is 40.3 Å². The molecule has 0 heterocycles. The smallest absolute Gasteiger partial charge is 0.306 e. The third kappa shape index (κ3) is 45.6. The van der Waals surface area contributed by atoms with Gasteiger partial charge in [0.2, 0.25) is 0 Å². The van der Waals surface area contributed by atoms with E-state index in [4.69, 9.17) is 18.9 Å². The first-order valence-corrected chi connectivity index (χ1v) is 25.5. The Hall–Kier alpha value is -2.23. The Kier molecular flexibility index (Phi) is 42.8. The lowest BCUT2D eigenvalue weighted by molar-refractivity contribution is -0.870. The first kappa shape index (κ1) is 58.8. The van der Waals surface area contributed by atoms with Gasteiger partial charge < -0.3 is 33.3 Å². The molecule has 0 fully saturated rings. The molecule has 0 amide bonds. The Morgan fingerprint density at radius 2 is 0.885 bits per heavy atom. The maximum Gasteiger partial charge on any atom is 0.306 e. The first-order chi connectivity index (χ1) is 29.6. The molecular weight excluding hydrogens is 767 g/mol. The van der Waals surface area contributed by atoms with Crippen molar-refractivity contribution < 1.29 is 42.9 Å². The van der Waals surface area contributed by atoms with Gasteiger partial charge in [-0.25, -0.2) is 0 Å². The predicted octanol–water partition coefficient (Wildman–Crippen LogP) is 12.7. The van der Waals surface area contributed by atoms with Crippen LogP contribution in [0.4, 0.5) is 0 Å². The average molecular weight is 864 g/mol. The molecule has 0 bridgehead atoms. The highest BCUT2D eigenvalue weighted by molar-refractivity contribution is 5.70. The second-order valence-electron chi connectivity index (χ2n) is 18.5. The van der Waals surface area contributed by atoms with Crippen LogP contribution in [0.3, 0.4) is 0 Å². The number of carboxylic acids is 1. The fourth-order valence-electron chi connectivity index (χ4n) is 7.21. The number of allylic oxidation sites excluding steroid dienone is 4. The van der Waals surface area contributed by atoms with Crippen molar-refractivity contribution in [2.24, 2.45) is 0 Å². The van der Waals surface area contributed by atoms with Gasteiger partial charge in [0.1, 0.15) is 13.2 Å². The SMILES string of the molecule is CCCCC/C=C\C/C=C\CCCCCCCCCCCC(=O)OC(COC(=O)CCCCCCCCCCCCCCCCCCC)COC(OCC[N+](C)(C)C)C(=O)[O-]. The van der Waals surface area contributed by atoms with Gasteiger partial charge >= 0.3 is 11.9 Å². The minimum Gasteiger partial charge on any atom is -0.545 e. The second kappa shape index (κ2) is 44.4. The van der Waals surface area contributed by atoms with Crippen molar-refractivity contribution in [2.45, 2.75) is 245 Å². The maximum absolute atomic E-state index is 12.8. The Morgan fingerprint density at radius 3 is 1.33 bits per heavy atom. The van der Waals surface area contributed by atoms with Gasteiger partial charge in [-0.3, -0.25) is 9.59 Å². The zero-order valence-electron chi connectivity index (χ0n) is 40.5. The van der Waals surface area contributed by atoms with Crippen LogP contribution in [0.2, 0.25) is 0 Å². The number of carboxylic acid groups (broad SMARTS) is 1. The minimum atomic E-state index is -1.62. The highest BCUT2D eigenvalue weighted by Gasteiger charge is 2.22. The maximum atomic E-state index is 12.8. The van der Waals surface area contributed by atoms with Crippen LogP contribution in [0.5, 0.6) is 0 Å². The molecule has 0 aliphatic heterocycles. The molecule has 0 spiro atoms. The fraction of sp³-hybridized carbons (Fsp3) is 0.865. The molecule has 0 aromatic heterocycles. The molecule has 0 aromatic carbocycles. The molecule has 61 heavy (non-hydrogen) atoms. The van der Waals surface area contributed by atoms with E-state index in [-0.39, 0.29) is 32.2 Å². The summed E-state index contributed by atoms with van der Waals surface area (Å²) in [5.74, 6) is -2.27. The van der Waals surface area contributed by atoms with Gasteiger partial charge in [-0.05, 0) is 44.9 Å². The van der Waals surface area contributed by atoms with Crippen molar-refractivity contribution >= 4 is 17.9 Å². The number of esters is 2. The van der Waals surface area contributed by atoms with Gasteiger partial charge in [-0.1, -0.05) is 199 Å². The highest BCUT2D eigenvalue weighted by Crippen LogP contribution is 2.16. The summed E-state index contributed by atoms with van der Waals surface area (Å²) in [6.07, 6.45) is 46.3. The summed E-state index contributed by atoms with van der Waals surface area (Å²) < 4.78 is 22.6. The molecule has 0 rings (SSSR count). The normalized spacial score (nSPS) is 13.0. The summed E-state index contributed by atoms with van der Waals surface area (Å²) in [4.78, 5) is 37.1. The molecular formula is C52H97NO8. The van der Waals surface area contributed by atoms with Gasteiger partial charge in [0.25, 0.3) is 0 Å². The molecule has 0 saturated carbocycles. The van der Waals surface area contributed by atoms with Crippen molar-refractivity contribution in [1.82, 2.24) is 0 Å². The Balaban J connectivity index is 4.33. The van der Waals surface area contributed by atoms with Crippen LogP contribution in [0.15, 0.2) is 24.3 Å². The summed E-state index contributed by atoms with van der Waals surface area (Å²) >= 11 is 0. The van der Waals surface area contributed by atoms with E-state index in [1.807, 2.05) is 21.1 Å². The Morgan fingerprint density at radius 1 is 0.492 bits per heavy atom. The van der Waals surface area contributed by atoms with E-state index in [2.05, 4.69) is 38.2 Å². The zero-order valence-corrected chi connectivity index (χ0v) is 40.5. The first-order valence-electron chi connectivity index (χ1n) is 25.5. The number of aliphatic carboxylic acids is 1. The van der Waals surface area contributed by atoms with Crippen LogP contribution in [0.1, 0.15) is 232 Å². The molecule has 9 heteroatoms. The Bertz CT molecular complexity index is 1050. The molecule has 0 radical (unpaired) electrons. The van der Waals surface area contributed by atoms with Crippen LogP contribution in [0, 0.1) is 0 Å². The van der Waals surface area contributed by atoms with E-state index in [1.165, 1.54) is 148 Å².